The van der Waals surface area contributed by atoms with Crippen molar-refractivity contribution in [2.24, 2.45) is 0 Å². The SMILES string of the molecule is CN(C)c1nc(NC2CCC(NCc3cc(F)cc(F)c3)CC2)nc2ccccc12. The van der Waals surface area contributed by atoms with Crippen LogP contribution in [-0.2, 0) is 6.54 Å². The van der Waals surface area contributed by atoms with E-state index in [1.807, 2.05) is 43.3 Å². The first-order valence-corrected chi connectivity index (χ1v) is 10.4. The van der Waals surface area contributed by atoms with Crippen LogP contribution < -0.4 is 15.5 Å². The largest absolute Gasteiger partial charge is 0.362 e. The number of aromatic nitrogens is 2. The average molecular weight is 412 g/mol. The van der Waals surface area contributed by atoms with Crippen LogP contribution >= 0.6 is 0 Å². The van der Waals surface area contributed by atoms with Crippen LogP contribution in [-0.4, -0.2) is 36.1 Å². The third kappa shape index (κ3) is 4.84. The second kappa shape index (κ2) is 8.92. The van der Waals surface area contributed by atoms with Gasteiger partial charge in [-0.2, -0.15) is 4.98 Å². The summed E-state index contributed by atoms with van der Waals surface area (Å²) >= 11 is 0. The Bertz CT molecular complexity index is 995. The van der Waals surface area contributed by atoms with Crippen molar-refractivity contribution in [2.75, 3.05) is 24.3 Å². The molecule has 0 saturated heterocycles. The second-order valence-corrected chi connectivity index (χ2v) is 8.13. The Morgan fingerprint density at radius 3 is 2.30 bits per heavy atom. The number of fused-ring (bicyclic) bond motifs is 1. The molecule has 158 valence electrons. The number of benzene rings is 2. The minimum atomic E-state index is -0.535. The number of para-hydroxylation sites is 1. The summed E-state index contributed by atoms with van der Waals surface area (Å²) in [6.45, 7) is 0.470. The van der Waals surface area contributed by atoms with Crippen LogP contribution in [0.1, 0.15) is 31.2 Å². The fourth-order valence-corrected chi connectivity index (χ4v) is 4.06. The van der Waals surface area contributed by atoms with Gasteiger partial charge in [-0.1, -0.05) is 12.1 Å². The lowest BCUT2D eigenvalue weighted by Crippen LogP contribution is -2.37. The molecule has 1 fully saturated rings. The molecule has 1 heterocycles. The highest BCUT2D eigenvalue weighted by Gasteiger charge is 2.22. The van der Waals surface area contributed by atoms with Crippen LogP contribution in [0.25, 0.3) is 10.9 Å². The Morgan fingerprint density at radius 1 is 0.933 bits per heavy atom. The molecule has 7 heteroatoms. The molecular weight excluding hydrogens is 384 g/mol. The monoisotopic (exact) mass is 411 g/mol. The summed E-state index contributed by atoms with van der Waals surface area (Å²) in [6.07, 6.45) is 3.96. The normalized spacial score (nSPS) is 19.1. The van der Waals surface area contributed by atoms with Gasteiger partial charge in [0, 0.05) is 44.2 Å². The third-order valence-electron chi connectivity index (χ3n) is 5.58. The molecule has 0 radical (unpaired) electrons. The van der Waals surface area contributed by atoms with E-state index in [1.165, 1.54) is 12.1 Å². The van der Waals surface area contributed by atoms with E-state index in [9.17, 15) is 8.78 Å². The summed E-state index contributed by atoms with van der Waals surface area (Å²) < 4.78 is 26.7. The first-order valence-electron chi connectivity index (χ1n) is 10.4. The van der Waals surface area contributed by atoms with E-state index < -0.39 is 11.6 Å². The van der Waals surface area contributed by atoms with Gasteiger partial charge in [-0.15, -0.1) is 0 Å². The zero-order chi connectivity index (χ0) is 21.1. The number of hydrogen-bond acceptors (Lipinski definition) is 5. The molecular formula is C23H27F2N5. The topological polar surface area (TPSA) is 53.1 Å². The van der Waals surface area contributed by atoms with Crippen LogP contribution in [0.5, 0.6) is 0 Å². The van der Waals surface area contributed by atoms with Gasteiger partial charge in [0.2, 0.25) is 5.95 Å². The van der Waals surface area contributed by atoms with Crippen LogP contribution in [0, 0.1) is 11.6 Å². The summed E-state index contributed by atoms with van der Waals surface area (Å²) in [6, 6.07) is 12.3. The van der Waals surface area contributed by atoms with E-state index >= 15 is 0 Å². The lowest BCUT2D eigenvalue weighted by atomic mass is 9.91. The van der Waals surface area contributed by atoms with Gasteiger partial charge in [-0.25, -0.2) is 13.8 Å². The molecule has 0 atom stereocenters. The number of nitrogens with one attached hydrogen (secondary N) is 2. The third-order valence-corrected chi connectivity index (χ3v) is 5.58. The quantitative estimate of drug-likeness (QED) is 0.626. The highest BCUT2D eigenvalue weighted by atomic mass is 19.1. The average Bonchev–Trinajstić information content (AvgIpc) is 2.72. The maximum absolute atomic E-state index is 13.3. The number of halogens is 2. The van der Waals surface area contributed by atoms with E-state index in [4.69, 9.17) is 4.98 Å². The number of rotatable bonds is 6. The van der Waals surface area contributed by atoms with Gasteiger partial charge in [0.05, 0.1) is 5.52 Å². The summed E-state index contributed by atoms with van der Waals surface area (Å²) in [4.78, 5) is 11.4. The molecule has 1 saturated carbocycles. The van der Waals surface area contributed by atoms with Crippen molar-refractivity contribution < 1.29 is 8.78 Å². The van der Waals surface area contributed by atoms with Crippen molar-refractivity contribution >= 4 is 22.7 Å². The Balaban J connectivity index is 1.34. The Morgan fingerprint density at radius 2 is 1.60 bits per heavy atom. The zero-order valence-electron chi connectivity index (χ0n) is 17.3. The van der Waals surface area contributed by atoms with Gasteiger partial charge in [0.25, 0.3) is 0 Å². The van der Waals surface area contributed by atoms with Gasteiger partial charge in [0.1, 0.15) is 17.5 Å². The minimum Gasteiger partial charge on any atom is -0.362 e. The molecule has 0 spiro atoms. The van der Waals surface area contributed by atoms with Gasteiger partial charge in [-0.05, 0) is 55.5 Å². The van der Waals surface area contributed by atoms with Crippen LogP contribution in [0.3, 0.4) is 0 Å². The fraction of sp³-hybridized carbons (Fsp3) is 0.391. The molecule has 30 heavy (non-hydrogen) atoms. The highest BCUT2D eigenvalue weighted by Crippen LogP contribution is 2.26. The summed E-state index contributed by atoms with van der Waals surface area (Å²) in [5, 5.41) is 7.96. The Kier molecular flexibility index (Phi) is 6.08. The number of hydrogen-bond donors (Lipinski definition) is 2. The molecule has 0 aliphatic heterocycles. The molecule has 1 aliphatic rings. The minimum absolute atomic E-state index is 0.311. The smallest absolute Gasteiger partial charge is 0.225 e. The molecule has 0 bridgehead atoms. The molecule has 0 amide bonds. The Labute approximate surface area is 175 Å². The summed E-state index contributed by atoms with van der Waals surface area (Å²) in [5.74, 6) is 0.490. The molecule has 1 aliphatic carbocycles. The highest BCUT2D eigenvalue weighted by molar-refractivity contribution is 5.90. The molecule has 2 aromatic carbocycles. The standard InChI is InChI=1S/C23H27F2N5/c1-30(2)22-20-5-3-4-6-21(20)28-23(29-22)27-19-9-7-18(8-10-19)26-14-15-11-16(24)13-17(25)12-15/h3-6,11-13,18-19,26H,7-10,14H2,1-2H3,(H,27,28,29). The van der Waals surface area contributed by atoms with Gasteiger partial charge in [0.15, 0.2) is 0 Å². The van der Waals surface area contributed by atoms with E-state index in [1.54, 1.807) is 0 Å². The molecule has 4 rings (SSSR count). The van der Waals surface area contributed by atoms with Gasteiger partial charge in [-0.3, -0.25) is 0 Å². The maximum Gasteiger partial charge on any atom is 0.225 e. The van der Waals surface area contributed by atoms with Crippen LogP contribution in [0.2, 0.25) is 0 Å². The zero-order valence-corrected chi connectivity index (χ0v) is 17.3. The van der Waals surface area contributed by atoms with E-state index in [0.29, 0.717) is 30.1 Å². The van der Waals surface area contributed by atoms with Crippen molar-refractivity contribution in [1.29, 1.82) is 0 Å². The number of anilines is 2. The van der Waals surface area contributed by atoms with Gasteiger partial charge < -0.3 is 15.5 Å². The first kappa shape index (κ1) is 20.5. The van der Waals surface area contributed by atoms with Crippen molar-refractivity contribution in [3.8, 4) is 0 Å². The number of nitrogens with zero attached hydrogens (tertiary/aromatic N) is 3. The van der Waals surface area contributed by atoms with Crippen LogP contribution in [0.4, 0.5) is 20.5 Å². The van der Waals surface area contributed by atoms with E-state index in [0.717, 1.165) is 48.5 Å². The van der Waals surface area contributed by atoms with Crippen molar-refractivity contribution in [1.82, 2.24) is 15.3 Å². The van der Waals surface area contributed by atoms with Gasteiger partial charge >= 0.3 is 0 Å². The molecule has 1 aromatic heterocycles. The van der Waals surface area contributed by atoms with Crippen molar-refractivity contribution in [2.45, 2.75) is 44.3 Å². The lowest BCUT2D eigenvalue weighted by Gasteiger charge is -2.30. The van der Waals surface area contributed by atoms with Crippen LogP contribution in [0.15, 0.2) is 42.5 Å². The molecule has 5 nitrogen and oxygen atoms in total. The molecule has 2 N–H and O–H groups in total. The Hall–Kier alpha value is -2.80. The summed E-state index contributed by atoms with van der Waals surface area (Å²) in [5.41, 5.74) is 1.56. The summed E-state index contributed by atoms with van der Waals surface area (Å²) in [7, 11) is 3.97. The second-order valence-electron chi connectivity index (χ2n) is 8.13. The predicted octanol–water partition coefficient (Wildman–Crippen LogP) is 4.49. The van der Waals surface area contributed by atoms with E-state index in [2.05, 4.69) is 15.6 Å². The lowest BCUT2D eigenvalue weighted by molar-refractivity contribution is 0.352. The maximum atomic E-state index is 13.3. The van der Waals surface area contributed by atoms with Crippen molar-refractivity contribution in [3.63, 3.8) is 0 Å². The predicted molar refractivity (Wildman–Crippen MR) is 117 cm³/mol. The fourth-order valence-electron chi connectivity index (χ4n) is 4.06. The van der Waals surface area contributed by atoms with Crippen molar-refractivity contribution in [3.05, 3.63) is 59.7 Å². The molecule has 3 aromatic rings. The van der Waals surface area contributed by atoms with E-state index in [-0.39, 0.29) is 0 Å². The first-order chi connectivity index (χ1) is 14.5. The molecule has 0 unspecified atom stereocenters.